The number of hydrogen-bond donors (Lipinski definition) is 1. The van der Waals surface area contributed by atoms with Gasteiger partial charge in [-0.15, -0.1) is 11.3 Å². The number of aryl methyl sites for hydroxylation is 2. The van der Waals surface area contributed by atoms with Gasteiger partial charge in [-0.05, 0) is 39.0 Å². The number of thiophene rings is 1. The van der Waals surface area contributed by atoms with E-state index in [2.05, 4.69) is 37.1 Å². The van der Waals surface area contributed by atoms with Crippen LogP contribution in [0.1, 0.15) is 29.3 Å². The second-order valence-electron chi connectivity index (χ2n) is 5.64. The molecule has 1 unspecified atom stereocenters. The number of nitrogens with zero attached hydrogens (tertiary/aromatic N) is 2. The van der Waals surface area contributed by atoms with Crippen molar-refractivity contribution in [2.75, 3.05) is 0 Å². The lowest BCUT2D eigenvalue weighted by Crippen LogP contribution is -2.23. The van der Waals surface area contributed by atoms with E-state index < -0.39 is 5.60 Å². The molecular weight excluding hydrogens is 280 g/mol. The number of benzene rings is 1. The highest BCUT2D eigenvalue weighted by Crippen LogP contribution is 2.32. The first kappa shape index (κ1) is 14.3. The van der Waals surface area contributed by atoms with Crippen molar-refractivity contribution in [2.24, 2.45) is 0 Å². The molecule has 0 bridgehead atoms. The molecule has 0 aliphatic heterocycles. The molecule has 110 valence electrons. The van der Waals surface area contributed by atoms with Gasteiger partial charge in [-0.3, -0.25) is 4.68 Å². The third kappa shape index (κ3) is 2.61. The summed E-state index contributed by atoms with van der Waals surface area (Å²) in [6, 6.07) is 12.3. The van der Waals surface area contributed by atoms with Crippen molar-refractivity contribution in [2.45, 2.75) is 39.3 Å². The lowest BCUT2D eigenvalue weighted by Gasteiger charge is -2.20. The predicted octanol–water partition coefficient (Wildman–Crippen LogP) is 3.88. The normalized spacial score (nSPS) is 14.5. The van der Waals surface area contributed by atoms with Gasteiger partial charge in [0.25, 0.3) is 0 Å². The van der Waals surface area contributed by atoms with Crippen LogP contribution in [0.15, 0.2) is 36.4 Å². The van der Waals surface area contributed by atoms with Crippen molar-refractivity contribution in [3.05, 3.63) is 51.8 Å². The van der Waals surface area contributed by atoms with Gasteiger partial charge in [-0.2, -0.15) is 5.10 Å². The first-order valence-corrected chi connectivity index (χ1v) is 8.06. The maximum atomic E-state index is 10.9. The summed E-state index contributed by atoms with van der Waals surface area (Å²) >= 11 is 1.65. The summed E-state index contributed by atoms with van der Waals surface area (Å²) < 4.78 is 2.00. The summed E-state index contributed by atoms with van der Waals surface area (Å²) in [7, 11) is 0. The first-order valence-electron chi connectivity index (χ1n) is 7.25. The molecule has 3 rings (SSSR count). The molecule has 0 saturated heterocycles. The lowest BCUT2D eigenvalue weighted by molar-refractivity contribution is 0.0606. The van der Waals surface area contributed by atoms with Gasteiger partial charge in [0.2, 0.25) is 0 Å². The Bertz CT molecular complexity index is 770. The molecule has 0 aliphatic rings. The Morgan fingerprint density at radius 2 is 2.00 bits per heavy atom. The van der Waals surface area contributed by atoms with E-state index >= 15 is 0 Å². The van der Waals surface area contributed by atoms with E-state index in [1.807, 2.05) is 29.8 Å². The van der Waals surface area contributed by atoms with Crippen LogP contribution in [0.2, 0.25) is 0 Å². The Morgan fingerprint density at radius 1 is 1.24 bits per heavy atom. The molecular formula is C17H20N2OS. The third-order valence-corrected chi connectivity index (χ3v) is 5.07. The fourth-order valence-electron chi connectivity index (χ4n) is 2.70. The standard InChI is InChI=1S/C17H20N2OS/c1-4-19-15-8-6-5-7-13(15)14(18-19)11-17(3,20)16-10-9-12(2)21-16/h5-10,20H,4,11H2,1-3H3. The van der Waals surface area contributed by atoms with E-state index in [1.54, 1.807) is 11.3 Å². The van der Waals surface area contributed by atoms with Crippen molar-refractivity contribution < 1.29 is 5.11 Å². The van der Waals surface area contributed by atoms with Gasteiger partial charge in [0, 0.05) is 28.1 Å². The average molecular weight is 300 g/mol. The third-order valence-electron chi connectivity index (χ3n) is 3.82. The van der Waals surface area contributed by atoms with Crippen LogP contribution < -0.4 is 0 Å². The largest absolute Gasteiger partial charge is 0.384 e. The average Bonchev–Trinajstić information content (AvgIpc) is 3.04. The van der Waals surface area contributed by atoms with Gasteiger partial charge < -0.3 is 5.11 Å². The van der Waals surface area contributed by atoms with E-state index in [4.69, 9.17) is 0 Å². The number of aliphatic hydroxyl groups is 1. The highest BCUT2D eigenvalue weighted by Gasteiger charge is 2.27. The SMILES string of the molecule is CCn1nc(CC(C)(O)c2ccc(C)s2)c2ccccc21. The second kappa shape index (κ2) is 5.28. The summed E-state index contributed by atoms with van der Waals surface area (Å²) in [5, 5.41) is 16.7. The van der Waals surface area contributed by atoms with Crippen LogP contribution in [-0.2, 0) is 18.6 Å². The zero-order valence-corrected chi connectivity index (χ0v) is 13.4. The van der Waals surface area contributed by atoms with Crippen LogP contribution in [0.5, 0.6) is 0 Å². The zero-order chi connectivity index (χ0) is 15.0. The van der Waals surface area contributed by atoms with Crippen LogP contribution in [0, 0.1) is 6.92 Å². The van der Waals surface area contributed by atoms with E-state index in [9.17, 15) is 5.11 Å². The Kier molecular flexibility index (Phi) is 3.59. The summed E-state index contributed by atoms with van der Waals surface area (Å²) in [4.78, 5) is 2.21. The molecule has 2 heterocycles. The van der Waals surface area contributed by atoms with Crippen molar-refractivity contribution in [3.63, 3.8) is 0 Å². The highest BCUT2D eigenvalue weighted by atomic mass is 32.1. The summed E-state index contributed by atoms with van der Waals surface area (Å²) in [5.74, 6) is 0. The van der Waals surface area contributed by atoms with Crippen LogP contribution in [-0.4, -0.2) is 14.9 Å². The first-order chi connectivity index (χ1) is 10.0. The van der Waals surface area contributed by atoms with Gasteiger partial charge >= 0.3 is 0 Å². The molecule has 0 amide bonds. The fraction of sp³-hybridized carbons (Fsp3) is 0.353. The molecule has 0 spiro atoms. The molecule has 21 heavy (non-hydrogen) atoms. The molecule has 1 N–H and O–H groups in total. The topological polar surface area (TPSA) is 38.0 Å². The van der Waals surface area contributed by atoms with Gasteiger partial charge in [0.05, 0.1) is 11.2 Å². The minimum atomic E-state index is -0.880. The van der Waals surface area contributed by atoms with Crippen LogP contribution in [0.4, 0.5) is 0 Å². The van der Waals surface area contributed by atoms with Crippen molar-refractivity contribution in [1.82, 2.24) is 9.78 Å². The van der Waals surface area contributed by atoms with Gasteiger partial charge in [-0.1, -0.05) is 18.2 Å². The second-order valence-corrected chi connectivity index (χ2v) is 6.93. The Morgan fingerprint density at radius 3 is 2.67 bits per heavy atom. The monoisotopic (exact) mass is 300 g/mol. The van der Waals surface area contributed by atoms with E-state index in [-0.39, 0.29) is 0 Å². The maximum absolute atomic E-state index is 10.9. The van der Waals surface area contributed by atoms with E-state index in [1.165, 1.54) is 4.88 Å². The van der Waals surface area contributed by atoms with Crippen molar-refractivity contribution >= 4 is 22.2 Å². The van der Waals surface area contributed by atoms with E-state index in [0.29, 0.717) is 6.42 Å². The molecule has 4 heteroatoms. The fourth-order valence-corrected chi connectivity index (χ4v) is 3.62. The summed E-state index contributed by atoms with van der Waals surface area (Å²) in [5.41, 5.74) is 1.21. The molecule has 0 aliphatic carbocycles. The molecule has 3 aromatic rings. The number of aromatic nitrogens is 2. The molecule has 1 atom stereocenters. The maximum Gasteiger partial charge on any atom is 0.102 e. The minimum absolute atomic E-state index is 0.528. The summed E-state index contributed by atoms with van der Waals surface area (Å²) in [6.45, 7) is 6.86. The Hall–Kier alpha value is -1.65. The number of para-hydroxylation sites is 1. The smallest absolute Gasteiger partial charge is 0.102 e. The van der Waals surface area contributed by atoms with Gasteiger partial charge in [0.1, 0.15) is 5.60 Å². The molecule has 2 aromatic heterocycles. The van der Waals surface area contributed by atoms with Crippen LogP contribution in [0.3, 0.4) is 0 Å². The van der Waals surface area contributed by atoms with Crippen molar-refractivity contribution in [1.29, 1.82) is 0 Å². The van der Waals surface area contributed by atoms with Gasteiger partial charge in [-0.25, -0.2) is 0 Å². The van der Waals surface area contributed by atoms with E-state index in [0.717, 1.165) is 28.0 Å². The molecule has 0 radical (unpaired) electrons. The summed E-state index contributed by atoms with van der Waals surface area (Å²) in [6.07, 6.45) is 0.528. The number of fused-ring (bicyclic) bond motifs is 1. The lowest BCUT2D eigenvalue weighted by atomic mass is 9.96. The Balaban J connectivity index is 2.01. The molecule has 0 saturated carbocycles. The van der Waals surface area contributed by atoms with Crippen molar-refractivity contribution in [3.8, 4) is 0 Å². The predicted molar refractivity (Wildman–Crippen MR) is 87.7 cm³/mol. The highest BCUT2D eigenvalue weighted by molar-refractivity contribution is 7.12. The quantitative estimate of drug-likeness (QED) is 0.794. The minimum Gasteiger partial charge on any atom is -0.384 e. The molecule has 0 fully saturated rings. The zero-order valence-electron chi connectivity index (χ0n) is 12.6. The Labute approximate surface area is 128 Å². The van der Waals surface area contributed by atoms with Crippen LogP contribution in [0.25, 0.3) is 10.9 Å². The van der Waals surface area contributed by atoms with Gasteiger partial charge in [0.15, 0.2) is 0 Å². The number of rotatable bonds is 4. The molecule has 3 nitrogen and oxygen atoms in total. The number of hydrogen-bond acceptors (Lipinski definition) is 3. The van der Waals surface area contributed by atoms with Crippen LogP contribution >= 0.6 is 11.3 Å². The molecule has 1 aromatic carbocycles.